The van der Waals surface area contributed by atoms with Gasteiger partial charge < -0.3 is 24.6 Å². The van der Waals surface area contributed by atoms with Crippen molar-refractivity contribution in [2.75, 3.05) is 26.4 Å². The number of allylic oxidation sites excluding steroid dienone is 2. The summed E-state index contributed by atoms with van der Waals surface area (Å²) in [4.78, 5) is 35.1. The zero-order chi connectivity index (χ0) is 44.8. The van der Waals surface area contributed by atoms with Crippen LogP contribution >= 0.6 is 7.82 Å². The molecule has 0 saturated heterocycles. The number of hydrogen-bond acceptors (Lipinski definition) is 9. The molecule has 3 atom stereocenters. The first-order valence-corrected chi connectivity index (χ1v) is 27.1. The number of aliphatic hydroxyl groups is 2. The van der Waals surface area contributed by atoms with E-state index in [0.717, 1.165) is 38.5 Å². The number of phosphoric acid groups is 1. The number of carbonyl (C=O) groups is 2. The van der Waals surface area contributed by atoms with Gasteiger partial charge in [0.25, 0.3) is 0 Å². The van der Waals surface area contributed by atoms with E-state index in [1.165, 1.54) is 180 Å². The van der Waals surface area contributed by atoms with E-state index < -0.39 is 51.8 Å². The average Bonchev–Trinajstić information content (AvgIpc) is 3.25. The molecular weight excluding hydrogens is 792 g/mol. The van der Waals surface area contributed by atoms with Crippen LogP contribution in [0.3, 0.4) is 0 Å². The van der Waals surface area contributed by atoms with Gasteiger partial charge in [0.05, 0.1) is 19.8 Å². The van der Waals surface area contributed by atoms with Crippen LogP contribution in [0, 0.1) is 0 Å². The largest absolute Gasteiger partial charge is 0.472 e. The Bertz CT molecular complexity index is 1020. The second kappa shape index (κ2) is 46.7. The van der Waals surface area contributed by atoms with Gasteiger partial charge in [-0.25, -0.2) is 4.57 Å². The molecule has 0 aromatic heterocycles. The topological polar surface area (TPSA) is 149 Å². The summed E-state index contributed by atoms with van der Waals surface area (Å²) in [5.74, 6) is -0.934. The summed E-state index contributed by atoms with van der Waals surface area (Å²) in [6.07, 6.45) is 47.6. The third kappa shape index (κ3) is 46.5. The maximum Gasteiger partial charge on any atom is 0.472 e. The Morgan fingerprint density at radius 2 is 0.803 bits per heavy atom. The van der Waals surface area contributed by atoms with Gasteiger partial charge in [-0.15, -0.1) is 0 Å². The van der Waals surface area contributed by atoms with Crippen LogP contribution in [-0.4, -0.2) is 65.7 Å². The Morgan fingerprint density at radius 1 is 0.475 bits per heavy atom. The van der Waals surface area contributed by atoms with Crippen molar-refractivity contribution in [2.45, 2.75) is 270 Å². The highest BCUT2D eigenvalue weighted by Crippen LogP contribution is 2.43. The number of esters is 2. The molecule has 0 spiro atoms. The number of carbonyl (C=O) groups excluding carboxylic acids is 2. The molecule has 0 bridgehead atoms. The van der Waals surface area contributed by atoms with E-state index in [1.807, 2.05) is 0 Å². The zero-order valence-corrected chi connectivity index (χ0v) is 40.5. The van der Waals surface area contributed by atoms with Gasteiger partial charge in [0.1, 0.15) is 12.7 Å². The lowest BCUT2D eigenvalue weighted by atomic mass is 10.0. The summed E-state index contributed by atoms with van der Waals surface area (Å²) in [7, 11) is -4.62. The molecule has 1 unspecified atom stereocenters. The first-order chi connectivity index (χ1) is 29.7. The first-order valence-electron chi connectivity index (χ1n) is 25.6. The van der Waals surface area contributed by atoms with E-state index in [1.54, 1.807) is 0 Å². The minimum atomic E-state index is -4.62. The van der Waals surface area contributed by atoms with Gasteiger partial charge in [0, 0.05) is 12.8 Å². The molecule has 3 N–H and O–H groups in total. The molecule has 0 heterocycles. The molecule has 0 aromatic carbocycles. The van der Waals surface area contributed by atoms with Crippen molar-refractivity contribution >= 4 is 19.8 Å². The highest BCUT2D eigenvalue weighted by molar-refractivity contribution is 7.47. The number of phosphoric ester groups is 1. The Labute approximate surface area is 375 Å². The molecule has 10 nitrogen and oxygen atoms in total. The minimum absolute atomic E-state index is 0.187. The molecule has 0 rings (SSSR count). The summed E-state index contributed by atoms with van der Waals surface area (Å²) in [5, 5.41) is 18.4. The summed E-state index contributed by atoms with van der Waals surface area (Å²) >= 11 is 0. The van der Waals surface area contributed by atoms with Crippen molar-refractivity contribution in [3.63, 3.8) is 0 Å². The predicted molar refractivity (Wildman–Crippen MR) is 252 cm³/mol. The molecule has 0 radical (unpaired) electrons. The highest BCUT2D eigenvalue weighted by atomic mass is 31.2. The van der Waals surface area contributed by atoms with Gasteiger partial charge in [-0.3, -0.25) is 18.6 Å². The molecule has 0 aliphatic rings. The lowest BCUT2D eigenvalue weighted by Crippen LogP contribution is -2.29. The Morgan fingerprint density at radius 3 is 1.21 bits per heavy atom. The van der Waals surface area contributed by atoms with Crippen molar-refractivity contribution in [1.29, 1.82) is 0 Å². The predicted octanol–water partition coefficient (Wildman–Crippen LogP) is 14.3. The molecule has 0 amide bonds. The van der Waals surface area contributed by atoms with Crippen LogP contribution in [0.4, 0.5) is 0 Å². The maximum atomic E-state index is 12.7. The third-order valence-electron chi connectivity index (χ3n) is 11.4. The standard InChI is InChI=1S/C50H97O10P/c1-3-5-7-9-11-13-15-17-19-20-21-22-23-24-25-26-28-30-32-34-36-38-40-42-50(54)60-48(46-59-61(55,56)58-44-47(52)43-51)45-57-49(53)41-39-37-35-33-31-29-27-18-16-14-12-10-8-6-4-2/h31,33,47-48,51-52H,3-30,32,34-46H2,1-2H3,(H,55,56)/b33-31+/t47-,48+/m0/s1. The fourth-order valence-corrected chi connectivity index (χ4v) is 8.25. The molecular formula is C50H97O10P. The Hall–Kier alpha value is -1.29. The maximum absolute atomic E-state index is 12.7. The van der Waals surface area contributed by atoms with E-state index >= 15 is 0 Å². The monoisotopic (exact) mass is 889 g/mol. The molecule has 0 aliphatic heterocycles. The molecule has 0 aromatic rings. The number of unbranched alkanes of at least 4 members (excludes halogenated alkanes) is 33. The van der Waals surface area contributed by atoms with E-state index in [-0.39, 0.29) is 19.4 Å². The second-order valence-corrected chi connectivity index (χ2v) is 19.0. The number of hydrogen-bond donors (Lipinski definition) is 3. The fraction of sp³-hybridized carbons (Fsp3) is 0.920. The molecule has 61 heavy (non-hydrogen) atoms. The molecule has 0 saturated carbocycles. The average molecular weight is 889 g/mol. The summed E-state index contributed by atoms with van der Waals surface area (Å²) in [6, 6.07) is 0. The van der Waals surface area contributed by atoms with Gasteiger partial charge in [-0.2, -0.15) is 0 Å². The van der Waals surface area contributed by atoms with Crippen LogP contribution in [0.25, 0.3) is 0 Å². The molecule has 362 valence electrons. The van der Waals surface area contributed by atoms with Gasteiger partial charge in [-0.1, -0.05) is 219 Å². The Kier molecular flexibility index (Phi) is 45.7. The van der Waals surface area contributed by atoms with Crippen molar-refractivity contribution in [1.82, 2.24) is 0 Å². The van der Waals surface area contributed by atoms with Gasteiger partial charge in [0.15, 0.2) is 6.10 Å². The number of rotatable bonds is 49. The smallest absolute Gasteiger partial charge is 0.462 e. The quantitative estimate of drug-likeness (QED) is 0.0233. The summed E-state index contributed by atoms with van der Waals surface area (Å²) in [6.45, 7) is 2.41. The Balaban J connectivity index is 4.13. The fourth-order valence-electron chi connectivity index (χ4n) is 7.46. The number of aliphatic hydroxyl groups excluding tert-OH is 2. The van der Waals surface area contributed by atoms with Crippen molar-refractivity contribution in [2.24, 2.45) is 0 Å². The van der Waals surface area contributed by atoms with Crippen LogP contribution in [0.5, 0.6) is 0 Å². The van der Waals surface area contributed by atoms with E-state index in [9.17, 15) is 24.2 Å². The number of ether oxygens (including phenoxy) is 2. The molecule has 11 heteroatoms. The van der Waals surface area contributed by atoms with Crippen LogP contribution in [0.15, 0.2) is 12.2 Å². The van der Waals surface area contributed by atoms with Gasteiger partial charge >= 0.3 is 19.8 Å². The molecule has 0 aliphatic carbocycles. The van der Waals surface area contributed by atoms with E-state index in [2.05, 4.69) is 26.0 Å². The van der Waals surface area contributed by atoms with Crippen molar-refractivity contribution < 1.29 is 47.8 Å². The lowest BCUT2D eigenvalue weighted by molar-refractivity contribution is -0.161. The van der Waals surface area contributed by atoms with E-state index in [0.29, 0.717) is 12.8 Å². The van der Waals surface area contributed by atoms with Crippen LogP contribution in [-0.2, 0) is 32.7 Å². The van der Waals surface area contributed by atoms with Gasteiger partial charge in [0.2, 0.25) is 0 Å². The molecule has 0 fully saturated rings. The zero-order valence-electron chi connectivity index (χ0n) is 39.7. The minimum Gasteiger partial charge on any atom is -0.462 e. The second-order valence-electron chi connectivity index (χ2n) is 17.6. The van der Waals surface area contributed by atoms with Crippen molar-refractivity contribution in [3.8, 4) is 0 Å². The van der Waals surface area contributed by atoms with Crippen molar-refractivity contribution in [3.05, 3.63) is 12.2 Å². The normalized spacial score (nSPS) is 13.7. The summed E-state index contributed by atoms with van der Waals surface area (Å²) in [5.41, 5.74) is 0. The van der Waals surface area contributed by atoms with E-state index in [4.69, 9.17) is 23.6 Å². The third-order valence-corrected chi connectivity index (χ3v) is 12.4. The van der Waals surface area contributed by atoms with Crippen LogP contribution < -0.4 is 0 Å². The van der Waals surface area contributed by atoms with Gasteiger partial charge in [-0.05, 0) is 38.5 Å². The highest BCUT2D eigenvalue weighted by Gasteiger charge is 2.27. The SMILES string of the molecule is CCCCCCCCCCC/C=C/CCCCC(=O)OC[C@H](COP(=O)(O)OC[C@@H](O)CO)OC(=O)CCCCCCCCCCCCCCCCCCCCCCCCC. The lowest BCUT2D eigenvalue weighted by Gasteiger charge is -2.20. The summed E-state index contributed by atoms with van der Waals surface area (Å²) < 4.78 is 32.8. The first kappa shape index (κ1) is 59.7. The van der Waals surface area contributed by atoms with Crippen LogP contribution in [0.1, 0.15) is 258 Å². The van der Waals surface area contributed by atoms with Crippen LogP contribution in [0.2, 0.25) is 0 Å².